The predicted molar refractivity (Wildman–Crippen MR) is 80.4 cm³/mol. The largest absolute Gasteiger partial charge is 0.478 e. The highest BCUT2D eigenvalue weighted by atomic mass is 16.4. The average molecular weight is 290 g/mol. The standard InChI is InChI=1S/C16H22N2O3/c1-18(15(19)14-8-4-5-10-17-14)11-9-12-6-2-3-7-13(12)16(20)21/h2-3,6-7,14,17H,4-5,8-11H2,1H3,(H,20,21)/t14-/m1/s1. The van der Waals surface area contributed by atoms with Crippen LogP contribution >= 0.6 is 0 Å². The van der Waals surface area contributed by atoms with Crippen molar-refractivity contribution in [2.24, 2.45) is 0 Å². The third-order valence-corrected chi connectivity index (χ3v) is 3.95. The van der Waals surface area contributed by atoms with Crippen LogP contribution in [0.25, 0.3) is 0 Å². The number of carboxylic acid groups (broad SMARTS) is 1. The van der Waals surface area contributed by atoms with Gasteiger partial charge in [-0.05, 0) is 37.4 Å². The van der Waals surface area contributed by atoms with E-state index in [1.165, 1.54) is 0 Å². The zero-order chi connectivity index (χ0) is 15.2. The van der Waals surface area contributed by atoms with Crippen LogP contribution in [0.2, 0.25) is 0 Å². The number of amides is 1. The first-order valence-corrected chi connectivity index (χ1v) is 7.39. The van der Waals surface area contributed by atoms with Crippen LogP contribution in [0.5, 0.6) is 0 Å². The molecule has 2 rings (SSSR count). The van der Waals surface area contributed by atoms with E-state index < -0.39 is 5.97 Å². The number of carboxylic acids is 1. The van der Waals surface area contributed by atoms with Gasteiger partial charge in [-0.25, -0.2) is 4.79 Å². The topological polar surface area (TPSA) is 69.6 Å². The highest BCUT2D eigenvalue weighted by Crippen LogP contribution is 2.12. The summed E-state index contributed by atoms with van der Waals surface area (Å²) in [6, 6.07) is 6.86. The maximum Gasteiger partial charge on any atom is 0.335 e. The van der Waals surface area contributed by atoms with Gasteiger partial charge in [-0.15, -0.1) is 0 Å². The molecule has 1 aromatic rings. The summed E-state index contributed by atoms with van der Waals surface area (Å²) < 4.78 is 0. The number of hydrogen-bond donors (Lipinski definition) is 2. The third kappa shape index (κ3) is 4.04. The van der Waals surface area contributed by atoms with Gasteiger partial charge in [-0.3, -0.25) is 4.79 Å². The minimum atomic E-state index is -0.923. The molecule has 21 heavy (non-hydrogen) atoms. The molecule has 0 spiro atoms. The van der Waals surface area contributed by atoms with Gasteiger partial charge in [-0.1, -0.05) is 24.6 Å². The van der Waals surface area contributed by atoms with Gasteiger partial charge in [0.25, 0.3) is 0 Å². The Morgan fingerprint density at radius 3 is 2.76 bits per heavy atom. The Labute approximate surface area is 125 Å². The van der Waals surface area contributed by atoms with Crippen molar-refractivity contribution in [1.29, 1.82) is 0 Å². The molecular weight excluding hydrogens is 268 g/mol. The molecule has 1 amide bonds. The van der Waals surface area contributed by atoms with Crippen LogP contribution in [0.15, 0.2) is 24.3 Å². The Balaban J connectivity index is 1.93. The molecule has 1 aliphatic rings. The first-order valence-electron chi connectivity index (χ1n) is 7.39. The van der Waals surface area contributed by atoms with Crippen LogP contribution in [0.3, 0.4) is 0 Å². The van der Waals surface area contributed by atoms with E-state index in [2.05, 4.69) is 5.32 Å². The van der Waals surface area contributed by atoms with E-state index in [0.717, 1.165) is 31.4 Å². The van der Waals surface area contributed by atoms with Gasteiger partial charge in [0.1, 0.15) is 0 Å². The van der Waals surface area contributed by atoms with Crippen LogP contribution in [0.4, 0.5) is 0 Å². The molecule has 0 aliphatic carbocycles. The fourth-order valence-corrected chi connectivity index (χ4v) is 2.67. The molecule has 5 heteroatoms. The molecule has 2 N–H and O–H groups in total. The van der Waals surface area contributed by atoms with Crippen molar-refractivity contribution in [3.63, 3.8) is 0 Å². The second kappa shape index (κ2) is 7.22. The van der Waals surface area contributed by atoms with E-state index in [0.29, 0.717) is 18.5 Å². The van der Waals surface area contributed by atoms with E-state index in [1.807, 2.05) is 6.07 Å². The summed E-state index contributed by atoms with van der Waals surface area (Å²) in [5, 5.41) is 12.4. The Morgan fingerprint density at radius 2 is 2.10 bits per heavy atom. The van der Waals surface area contributed by atoms with Crippen LogP contribution in [-0.2, 0) is 11.2 Å². The first kappa shape index (κ1) is 15.5. The van der Waals surface area contributed by atoms with Crippen LogP contribution in [0, 0.1) is 0 Å². The number of piperidine rings is 1. The predicted octanol–water partition coefficient (Wildman–Crippen LogP) is 1.53. The highest BCUT2D eigenvalue weighted by Gasteiger charge is 2.23. The number of likely N-dealkylation sites (N-methyl/N-ethyl adjacent to an activating group) is 1. The maximum absolute atomic E-state index is 12.3. The molecule has 1 aliphatic heterocycles. The van der Waals surface area contributed by atoms with E-state index in [-0.39, 0.29) is 11.9 Å². The van der Waals surface area contributed by atoms with Gasteiger partial charge in [-0.2, -0.15) is 0 Å². The fourth-order valence-electron chi connectivity index (χ4n) is 2.67. The van der Waals surface area contributed by atoms with Gasteiger partial charge in [0.2, 0.25) is 5.91 Å². The van der Waals surface area contributed by atoms with Gasteiger partial charge in [0, 0.05) is 13.6 Å². The molecule has 114 valence electrons. The van der Waals surface area contributed by atoms with E-state index in [1.54, 1.807) is 30.1 Å². The van der Waals surface area contributed by atoms with Crippen molar-refractivity contribution in [3.05, 3.63) is 35.4 Å². The maximum atomic E-state index is 12.3. The van der Waals surface area contributed by atoms with Gasteiger partial charge >= 0.3 is 5.97 Å². The summed E-state index contributed by atoms with van der Waals surface area (Å²) in [6.07, 6.45) is 3.64. The number of rotatable bonds is 5. The van der Waals surface area contributed by atoms with Gasteiger partial charge < -0.3 is 15.3 Å². The summed E-state index contributed by atoms with van der Waals surface area (Å²) in [7, 11) is 1.78. The molecule has 5 nitrogen and oxygen atoms in total. The molecule has 0 radical (unpaired) electrons. The smallest absolute Gasteiger partial charge is 0.335 e. The molecule has 1 aromatic carbocycles. The van der Waals surface area contributed by atoms with Crippen molar-refractivity contribution in [1.82, 2.24) is 10.2 Å². The molecule has 1 saturated heterocycles. The molecule has 0 aromatic heterocycles. The zero-order valence-electron chi connectivity index (χ0n) is 12.3. The Kier molecular flexibility index (Phi) is 5.33. The summed E-state index contributed by atoms with van der Waals surface area (Å²) >= 11 is 0. The first-order chi connectivity index (χ1) is 10.1. The Morgan fingerprint density at radius 1 is 1.33 bits per heavy atom. The monoisotopic (exact) mass is 290 g/mol. The zero-order valence-corrected chi connectivity index (χ0v) is 12.3. The van der Waals surface area contributed by atoms with Crippen molar-refractivity contribution < 1.29 is 14.7 Å². The van der Waals surface area contributed by atoms with Crippen LogP contribution in [-0.4, -0.2) is 48.1 Å². The number of hydrogen-bond acceptors (Lipinski definition) is 3. The lowest BCUT2D eigenvalue weighted by molar-refractivity contribution is -0.132. The number of carbonyl (C=O) groups excluding carboxylic acids is 1. The molecule has 1 heterocycles. The van der Waals surface area contributed by atoms with Crippen molar-refractivity contribution in [2.45, 2.75) is 31.7 Å². The second-order valence-electron chi connectivity index (χ2n) is 5.47. The highest BCUT2D eigenvalue weighted by molar-refractivity contribution is 5.89. The number of aromatic carboxylic acids is 1. The summed E-state index contributed by atoms with van der Waals surface area (Å²) in [5.74, 6) is -0.823. The lowest BCUT2D eigenvalue weighted by Crippen LogP contribution is -2.47. The minimum Gasteiger partial charge on any atom is -0.478 e. The number of benzene rings is 1. The summed E-state index contributed by atoms with van der Waals surface area (Å²) in [6.45, 7) is 1.42. The molecule has 1 atom stereocenters. The van der Waals surface area contributed by atoms with Crippen LogP contribution in [0.1, 0.15) is 35.2 Å². The quantitative estimate of drug-likeness (QED) is 0.863. The van der Waals surface area contributed by atoms with E-state index in [4.69, 9.17) is 5.11 Å². The third-order valence-electron chi connectivity index (χ3n) is 3.95. The SMILES string of the molecule is CN(CCc1ccccc1C(=O)O)C(=O)[C@H]1CCCCN1. The van der Waals surface area contributed by atoms with Crippen molar-refractivity contribution in [2.75, 3.05) is 20.1 Å². The molecular formula is C16H22N2O3. The molecule has 0 unspecified atom stereocenters. The second-order valence-corrected chi connectivity index (χ2v) is 5.47. The molecule has 0 saturated carbocycles. The number of carbonyl (C=O) groups is 2. The summed E-state index contributed by atoms with van der Waals surface area (Å²) in [4.78, 5) is 25.1. The normalized spacial score (nSPS) is 18.2. The fraction of sp³-hybridized carbons (Fsp3) is 0.500. The van der Waals surface area contributed by atoms with Crippen LogP contribution < -0.4 is 5.32 Å². The van der Waals surface area contributed by atoms with Gasteiger partial charge in [0.05, 0.1) is 11.6 Å². The number of nitrogens with one attached hydrogen (secondary N) is 1. The van der Waals surface area contributed by atoms with Gasteiger partial charge in [0.15, 0.2) is 0 Å². The lowest BCUT2D eigenvalue weighted by atomic mass is 10.0. The Bertz CT molecular complexity index is 510. The Hall–Kier alpha value is -1.88. The molecule has 0 bridgehead atoms. The molecule has 1 fully saturated rings. The number of nitrogens with zero attached hydrogens (tertiary/aromatic N) is 1. The van der Waals surface area contributed by atoms with E-state index >= 15 is 0 Å². The van der Waals surface area contributed by atoms with Crippen molar-refractivity contribution >= 4 is 11.9 Å². The average Bonchev–Trinajstić information content (AvgIpc) is 2.52. The van der Waals surface area contributed by atoms with E-state index in [9.17, 15) is 9.59 Å². The lowest BCUT2D eigenvalue weighted by Gasteiger charge is -2.27. The minimum absolute atomic E-state index is 0.0848. The summed E-state index contributed by atoms with van der Waals surface area (Å²) in [5.41, 5.74) is 1.08. The van der Waals surface area contributed by atoms with Crippen molar-refractivity contribution in [3.8, 4) is 0 Å².